The van der Waals surface area contributed by atoms with E-state index in [-0.39, 0.29) is 43.1 Å². The summed E-state index contributed by atoms with van der Waals surface area (Å²) >= 11 is 0. The van der Waals surface area contributed by atoms with E-state index >= 15 is 0 Å². The van der Waals surface area contributed by atoms with E-state index in [0.29, 0.717) is 13.2 Å². The summed E-state index contributed by atoms with van der Waals surface area (Å²) in [6.45, 7) is 12.7. The van der Waals surface area contributed by atoms with Gasteiger partial charge in [0, 0.05) is 11.8 Å². The second kappa shape index (κ2) is 9.65. The Kier molecular flexibility index (Phi) is 9.05. The largest absolute Gasteiger partial charge is 0.463 e. The Balaban J connectivity index is 3.69. The molecule has 0 fully saturated rings. The van der Waals surface area contributed by atoms with E-state index in [2.05, 4.69) is 26.1 Å². The zero-order valence-electron chi connectivity index (χ0n) is 15.3. The number of nitrogens with one attached hydrogen (secondary N) is 1. The topological polar surface area (TPSA) is 81.7 Å². The fraction of sp³-hybridized carbons (Fsp3) is 0.824. The molecule has 0 bridgehead atoms. The van der Waals surface area contributed by atoms with Gasteiger partial charge in [-0.15, -0.1) is 0 Å². The molecule has 0 rings (SSSR count). The van der Waals surface area contributed by atoms with Crippen molar-refractivity contribution in [3.8, 4) is 0 Å². The maximum Gasteiger partial charge on any atom is 0.313 e. The first-order valence-electron chi connectivity index (χ1n) is 7.95. The standard InChI is InChI=1S/C17H31NO5/c1-16(2,3)12-22-9-7-14(20)18-8-10-23-15(21)11-13(19)17(4,5)6/h7-12H2,1-6H3,(H,18,20). The number of hydrogen-bond acceptors (Lipinski definition) is 5. The summed E-state index contributed by atoms with van der Waals surface area (Å²) in [7, 11) is 0. The summed E-state index contributed by atoms with van der Waals surface area (Å²) in [4.78, 5) is 34.7. The molecule has 6 nitrogen and oxygen atoms in total. The molecule has 1 amide bonds. The molecule has 0 aromatic rings. The summed E-state index contributed by atoms with van der Waals surface area (Å²) in [5, 5.41) is 2.64. The highest BCUT2D eigenvalue weighted by Crippen LogP contribution is 2.16. The molecule has 0 spiro atoms. The summed E-state index contributed by atoms with van der Waals surface area (Å²) in [5.41, 5.74) is -0.477. The van der Waals surface area contributed by atoms with Crippen molar-refractivity contribution < 1.29 is 23.9 Å². The molecular formula is C17H31NO5. The molecular weight excluding hydrogens is 298 g/mol. The molecule has 23 heavy (non-hydrogen) atoms. The van der Waals surface area contributed by atoms with Crippen LogP contribution in [0.25, 0.3) is 0 Å². The van der Waals surface area contributed by atoms with E-state index in [0.717, 1.165) is 0 Å². The zero-order valence-corrected chi connectivity index (χ0v) is 15.3. The molecule has 0 heterocycles. The molecule has 1 N–H and O–H groups in total. The third-order valence-electron chi connectivity index (χ3n) is 2.84. The highest BCUT2D eigenvalue weighted by Gasteiger charge is 2.24. The van der Waals surface area contributed by atoms with Gasteiger partial charge in [0.05, 0.1) is 19.8 Å². The Morgan fingerprint density at radius 3 is 2.09 bits per heavy atom. The number of Topliss-reactive ketones (excluding diaryl/α,β-unsaturated/α-hetero) is 1. The first kappa shape index (κ1) is 21.6. The minimum absolute atomic E-state index is 0.0604. The smallest absolute Gasteiger partial charge is 0.313 e. The lowest BCUT2D eigenvalue weighted by molar-refractivity contribution is -0.148. The average Bonchev–Trinajstić information content (AvgIpc) is 2.37. The molecule has 6 heteroatoms. The second-order valence-corrected chi connectivity index (χ2v) is 7.78. The summed E-state index contributed by atoms with van der Waals surface area (Å²) < 4.78 is 10.3. The number of ether oxygens (including phenoxy) is 2. The van der Waals surface area contributed by atoms with Gasteiger partial charge in [0.1, 0.15) is 18.8 Å². The predicted molar refractivity (Wildman–Crippen MR) is 87.9 cm³/mol. The quantitative estimate of drug-likeness (QED) is 0.398. The van der Waals surface area contributed by atoms with Gasteiger partial charge < -0.3 is 14.8 Å². The molecule has 0 atom stereocenters. The van der Waals surface area contributed by atoms with E-state index < -0.39 is 11.4 Å². The Bertz CT molecular complexity index is 404. The molecule has 134 valence electrons. The maximum atomic E-state index is 11.6. The van der Waals surface area contributed by atoms with Crippen LogP contribution >= 0.6 is 0 Å². The van der Waals surface area contributed by atoms with Gasteiger partial charge in [-0.1, -0.05) is 41.5 Å². The van der Waals surface area contributed by atoms with Crippen LogP contribution in [0.3, 0.4) is 0 Å². The number of ketones is 1. The van der Waals surface area contributed by atoms with E-state index in [4.69, 9.17) is 9.47 Å². The lowest BCUT2D eigenvalue weighted by Gasteiger charge is -2.17. The zero-order chi connectivity index (χ0) is 18.1. The van der Waals surface area contributed by atoms with Gasteiger partial charge in [-0.05, 0) is 5.41 Å². The van der Waals surface area contributed by atoms with Crippen LogP contribution in [0.1, 0.15) is 54.4 Å². The van der Waals surface area contributed by atoms with Crippen molar-refractivity contribution in [2.24, 2.45) is 10.8 Å². The van der Waals surface area contributed by atoms with Crippen LogP contribution in [-0.4, -0.2) is 44.0 Å². The first-order valence-corrected chi connectivity index (χ1v) is 7.95. The van der Waals surface area contributed by atoms with Crippen molar-refractivity contribution in [2.75, 3.05) is 26.4 Å². The van der Waals surface area contributed by atoms with Crippen LogP contribution in [0.4, 0.5) is 0 Å². The fourth-order valence-corrected chi connectivity index (χ4v) is 1.43. The van der Waals surface area contributed by atoms with Crippen molar-refractivity contribution >= 4 is 17.7 Å². The SMILES string of the molecule is CC(C)(C)COCCC(=O)NCCOC(=O)CC(=O)C(C)(C)C. The van der Waals surface area contributed by atoms with Crippen LogP contribution in [0.5, 0.6) is 0 Å². The first-order chi connectivity index (χ1) is 10.4. The monoisotopic (exact) mass is 329 g/mol. The normalized spacial score (nSPS) is 11.9. The van der Waals surface area contributed by atoms with Crippen molar-refractivity contribution in [3.63, 3.8) is 0 Å². The number of carbonyl (C=O) groups excluding carboxylic acids is 3. The minimum Gasteiger partial charge on any atom is -0.463 e. The van der Waals surface area contributed by atoms with Gasteiger partial charge in [0.15, 0.2) is 0 Å². The predicted octanol–water partition coefficient (Wildman–Crippen LogP) is 2.10. The lowest BCUT2D eigenvalue weighted by Crippen LogP contribution is -2.30. The third-order valence-corrected chi connectivity index (χ3v) is 2.84. The number of esters is 1. The van der Waals surface area contributed by atoms with E-state index in [1.807, 2.05) is 0 Å². The molecule has 0 aliphatic carbocycles. The van der Waals surface area contributed by atoms with Crippen molar-refractivity contribution in [1.29, 1.82) is 0 Å². The number of hydrogen-bond donors (Lipinski definition) is 1. The van der Waals surface area contributed by atoms with Gasteiger partial charge >= 0.3 is 5.97 Å². The maximum absolute atomic E-state index is 11.6. The van der Waals surface area contributed by atoms with E-state index in [1.165, 1.54) is 0 Å². The van der Waals surface area contributed by atoms with Gasteiger partial charge in [0.25, 0.3) is 0 Å². The average molecular weight is 329 g/mol. The van der Waals surface area contributed by atoms with Crippen molar-refractivity contribution in [3.05, 3.63) is 0 Å². The molecule has 0 aliphatic rings. The molecule has 0 radical (unpaired) electrons. The minimum atomic E-state index is -0.562. The van der Waals surface area contributed by atoms with Crippen molar-refractivity contribution in [1.82, 2.24) is 5.32 Å². The van der Waals surface area contributed by atoms with Crippen LogP contribution in [0, 0.1) is 10.8 Å². The lowest BCUT2D eigenvalue weighted by atomic mass is 9.89. The summed E-state index contributed by atoms with van der Waals surface area (Å²) in [6.07, 6.45) is 0.0324. The third kappa shape index (κ3) is 12.8. The highest BCUT2D eigenvalue weighted by atomic mass is 16.5. The summed E-state index contributed by atoms with van der Waals surface area (Å²) in [5.74, 6) is -0.879. The number of amides is 1. The Labute approximate surface area is 139 Å². The second-order valence-electron chi connectivity index (χ2n) is 7.78. The molecule has 0 saturated carbocycles. The van der Waals surface area contributed by atoms with Gasteiger partial charge in [-0.3, -0.25) is 14.4 Å². The van der Waals surface area contributed by atoms with Crippen LogP contribution < -0.4 is 5.32 Å². The Morgan fingerprint density at radius 1 is 0.957 bits per heavy atom. The van der Waals surface area contributed by atoms with E-state index in [9.17, 15) is 14.4 Å². The molecule has 0 aromatic carbocycles. The van der Waals surface area contributed by atoms with Gasteiger partial charge in [-0.2, -0.15) is 0 Å². The Hall–Kier alpha value is -1.43. The fourth-order valence-electron chi connectivity index (χ4n) is 1.43. The van der Waals surface area contributed by atoms with Gasteiger partial charge in [0.2, 0.25) is 5.91 Å². The van der Waals surface area contributed by atoms with Gasteiger partial charge in [-0.25, -0.2) is 0 Å². The molecule has 0 unspecified atom stereocenters. The number of carbonyl (C=O) groups is 3. The Morgan fingerprint density at radius 2 is 1.57 bits per heavy atom. The molecule has 0 aliphatic heterocycles. The molecule has 0 saturated heterocycles. The highest BCUT2D eigenvalue weighted by molar-refractivity contribution is 5.98. The van der Waals surface area contributed by atoms with Crippen LogP contribution in [0.15, 0.2) is 0 Å². The summed E-state index contributed by atoms with van der Waals surface area (Å²) in [6, 6.07) is 0. The van der Waals surface area contributed by atoms with Crippen LogP contribution in [-0.2, 0) is 23.9 Å². The number of rotatable bonds is 9. The van der Waals surface area contributed by atoms with Crippen LogP contribution in [0.2, 0.25) is 0 Å². The van der Waals surface area contributed by atoms with E-state index in [1.54, 1.807) is 20.8 Å². The van der Waals surface area contributed by atoms with Crippen molar-refractivity contribution in [2.45, 2.75) is 54.4 Å². The molecule has 0 aromatic heterocycles.